The number of ether oxygens (including phenoxy) is 2. The van der Waals surface area contributed by atoms with Crippen molar-refractivity contribution in [2.45, 2.75) is 58.6 Å². The molecule has 0 radical (unpaired) electrons. The number of hydrogen-bond donors (Lipinski definition) is 2. The van der Waals surface area contributed by atoms with Gasteiger partial charge >= 0.3 is 6.09 Å². The van der Waals surface area contributed by atoms with Gasteiger partial charge in [0.1, 0.15) is 11.4 Å². The zero-order valence-corrected chi connectivity index (χ0v) is 20.3. The summed E-state index contributed by atoms with van der Waals surface area (Å²) in [6.45, 7) is 6.27. The Kier molecular flexibility index (Phi) is 8.15. The Balaban J connectivity index is 1.42. The van der Waals surface area contributed by atoms with Crippen molar-refractivity contribution >= 4 is 29.3 Å². The van der Waals surface area contributed by atoms with E-state index < -0.39 is 11.7 Å². The molecule has 0 aromatic heterocycles. The van der Waals surface area contributed by atoms with E-state index in [9.17, 15) is 14.4 Å². The van der Waals surface area contributed by atoms with Gasteiger partial charge in [0.2, 0.25) is 11.8 Å². The summed E-state index contributed by atoms with van der Waals surface area (Å²) in [6.07, 6.45) is 1.68. The van der Waals surface area contributed by atoms with Gasteiger partial charge in [-0.05, 0) is 75.1 Å². The maximum absolute atomic E-state index is 12.4. The molecule has 8 heteroatoms. The number of nitrogens with zero attached hydrogens (tertiary/aromatic N) is 1. The lowest BCUT2D eigenvalue weighted by atomic mass is 10.0. The second kappa shape index (κ2) is 11.0. The van der Waals surface area contributed by atoms with E-state index in [0.717, 1.165) is 22.6 Å². The molecule has 1 aliphatic rings. The number of carbonyl (C=O) groups excluding carboxylic acids is 3. The highest BCUT2D eigenvalue weighted by molar-refractivity contribution is 5.94. The Morgan fingerprint density at radius 1 is 1.12 bits per heavy atom. The van der Waals surface area contributed by atoms with Crippen LogP contribution in [0.2, 0.25) is 0 Å². The highest BCUT2D eigenvalue weighted by Gasteiger charge is 2.20. The van der Waals surface area contributed by atoms with Gasteiger partial charge in [-0.3, -0.25) is 9.59 Å². The molecule has 0 unspecified atom stereocenters. The van der Waals surface area contributed by atoms with Gasteiger partial charge < -0.3 is 25.0 Å². The van der Waals surface area contributed by atoms with Gasteiger partial charge in [0.15, 0.2) is 0 Å². The number of hydrogen-bond acceptors (Lipinski definition) is 5. The van der Waals surface area contributed by atoms with Crippen LogP contribution in [0, 0.1) is 0 Å². The molecule has 2 aromatic carbocycles. The van der Waals surface area contributed by atoms with Crippen molar-refractivity contribution < 1.29 is 23.9 Å². The third-order valence-corrected chi connectivity index (χ3v) is 5.12. The minimum Gasteiger partial charge on any atom is -0.494 e. The molecule has 0 atom stereocenters. The van der Waals surface area contributed by atoms with Gasteiger partial charge in [0, 0.05) is 37.8 Å². The summed E-state index contributed by atoms with van der Waals surface area (Å²) in [5.74, 6) is 0.666. The Bertz CT molecular complexity index is 1040. The monoisotopic (exact) mass is 467 g/mol. The molecule has 0 saturated carbocycles. The fraction of sp³-hybridized carbons (Fsp3) is 0.423. The first-order chi connectivity index (χ1) is 16.1. The molecule has 0 spiro atoms. The Labute approximate surface area is 200 Å². The molecule has 0 saturated heterocycles. The average molecular weight is 468 g/mol. The molecule has 0 aliphatic carbocycles. The highest BCUT2D eigenvalue weighted by atomic mass is 16.6. The number of amides is 3. The second-order valence-electron chi connectivity index (χ2n) is 9.40. The van der Waals surface area contributed by atoms with Gasteiger partial charge in [-0.2, -0.15) is 0 Å². The summed E-state index contributed by atoms with van der Waals surface area (Å²) in [4.78, 5) is 37.5. The second-order valence-corrected chi connectivity index (χ2v) is 9.40. The first kappa shape index (κ1) is 25.1. The van der Waals surface area contributed by atoms with Crippen LogP contribution in [0.4, 0.5) is 16.2 Å². The minimum atomic E-state index is -0.553. The summed E-state index contributed by atoms with van der Waals surface area (Å²) in [5.41, 5.74) is 2.91. The highest BCUT2D eigenvalue weighted by Crippen LogP contribution is 2.27. The molecule has 3 amide bonds. The maximum atomic E-state index is 12.4. The van der Waals surface area contributed by atoms with Crippen LogP contribution in [0.3, 0.4) is 0 Å². The van der Waals surface area contributed by atoms with E-state index in [4.69, 9.17) is 9.47 Å². The fourth-order valence-electron chi connectivity index (χ4n) is 3.52. The number of aryl methyl sites for hydroxylation is 1. The van der Waals surface area contributed by atoms with E-state index in [1.165, 1.54) is 4.90 Å². The van der Waals surface area contributed by atoms with Crippen molar-refractivity contribution in [2.24, 2.45) is 0 Å². The van der Waals surface area contributed by atoms with Gasteiger partial charge in [0.05, 0.1) is 6.61 Å². The number of anilines is 2. The number of benzene rings is 2. The van der Waals surface area contributed by atoms with E-state index in [1.54, 1.807) is 7.05 Å². The molecule has 34 heavy (non-hydrogen) atoms. The lowest BCUT2D eigenvalue weighted by molar-refractivity contribution is -0.117. The summed E-state index contributed by atoms with van der Waals surface area (Å²) < 4.78 is 11.2. The lowest BCUT2D eigenvalue weighted by Crippen LogP contribution is -2.33. The van der Waals surface area contributed by atoms with Gasteiger partial charge in [-0.15, -0.1) is 0 Å². The Morgan fingerprint density at radius 3 is 2.68 bits per heavy atom. The molecule has 182 valence electrons. The molecule has 0 bridgehead atoms. The number of carbonyl (C=O) groups is 3. The zero-order chi connectivity index (χ0) is 24.7. The fourth-order valence-corrected chi connectivity index (χ4v) is 3.52. The number of fused-ring (bicyclic) bond motifs is 1. The van der Waals surface area contributed by atoms with Crippen LogP contribution < -0.4 is 15.4 Å². The molecule has 3 rings (SSSR count). The first-order valence-corrected chi connectivity index (χ1v) is 11.5. The van der Waals surface area contributed by atoms with E-state index in [2.05, 4.69) is 10.6 Å². The average Bonchev–Trinajstić information content (AvgIpc) is 2.76. The quantitative estimate of drug-likeness (QED) is 0.547. The Morgan fingerprint density at radius 2 is 1.91 bits per heavy atom. The van der Waals surface area contributed by atoms with Crippen molar-refractivity contribution in [1.29, 1.82) is 0 Å². The van der Waals surface area contributed by atoms with Crippen LogP contribution in [-0.4, -0.2) is 42.1 Å². The van der Waals surface area contributed by atoms with Crippen molar-refractivity contribution in [3.8, 4) is 5.75 Å². The maximum Gasteiger partial charge on any atom is 0.410 e. The van der Waals surface area contributed by atoms with Crippen molar-refractivity contribution in [2.75, 3.05) is 24.3 Å². The van der Waals surface area contributed by atoms with Crippen LogP contribution in [-0.2, 0) is 27.3 Å². The smallest absolute Gasteiger partial charge is 0.410 e. The van der Waals surface area contributed by atoms with E-state index in [0.29, 0.717) is 44.5 Å². The third kappa shape index (κ3) is 7.79. The van der Waals surface area contributed by atoms with Gasteiger partial charge in [-0.25, -0.2) is 4.79 Å². The summed E-state index contributed by atoms with van der Waals surface area (Å²) in [6, 6.07) is 13.0. The van der Waals surface area contributed by atoms with Gasteiger partial charge in [-0.1, -0.05) is 12.1 Å². The van der Waals surface area contributed by atoms with Crippen molar-refractivity contribution in [1.82, 2.24) is 4.90 Å². The topological polar surface area (TPSA) is 97.0 Å². The minimum absolute atomic E-state index is 0.0350. The normalized spacial score (nSPS) is 12.9. The molecular formula is C26H33N3O5. The molecule has 0 fully saturated rings. The molecule has 1 aliphatic heterocycles. The molecule has 1 heterocycles. The molecule has 8 nitrogen and oxygen atoms in total. The SMILES string of the molecule is CN(Cc1cccc(NC(=O)CCCOc2ccc3c(c2)CCC(=O)N3)c1)C(=O)OC(C)(C)C. The Hall–Kier alpha value is -3.55. The van der Waals surface area contributed by atoms with E-state index in [-0.39, 0.29) is 11.8 Å². The molecular weight excluding hydrogens is 434 g/mol. The summed E-state index contributed by atoms with van der Waals surface area (Å²) in [5, 5.41) is 5.75. The predicted molar refractivity (Wildman–Crippen MR) is 131 cm³/mol. The first-order valence-electron chi connectivity index (χ1n) is 11.5. The van der Waals surface area contributed by atoms with Crippen LogP contribution >= 0.6 is 0 Å². The van der Waals surface area contributed by atoms with Crippen LogP contribution in [0.15, 0.2) is 42.5 Å². The van der Waals surface area contributed by atoms with Crippen LogP contribution in [0.25, 0.3) is 0 Å². The molecule has 2 aromatic rings. The zero-order valence-electron chi connectivity index (χ0n) is 20.3. The largest absolute Gasteiger partial charge is 0.494 e. The van der Waals surface area contributed by atoms with Crippen molar-refractivity contribution in [3.05, 3.63) is 53.6 Å². The van der Waals surface area contributed by atoms with Crippen LogP contribution in [0.1, 0.15) is 51.2 Å². The standard InChI is InChI=1S/C26H33N3O5/c1-26(2,3)34-25(32)29(4)17-18-7-5-8-20(15-18)27-23(30)9-6-14-33-21-11-12-22-19(16-21)10-13-24(31)28-22/h5,7-8,11-12,15-16H,6,9-10,13-14,17H2,1-4H3,(H,27,30)(H,28,31). The van der Waals surface area contributed by atoms with E-state index in [1.807, 2.05) is 63.2 Å². The molecule has 2 N–H and O–H groups in total. The van der Waals surface area contributed by atoms with Crippen LogP contribution in [0.5, 0.6) is 5.75 Å². The van der Waals surface area contributed by atoms with Gasteiger partial charge in [0.25, 0.3) is 0 Å². The van der Waals surface area contributed by atoms with E-state index >= 15 is 0 Å². The predicted octanol–water partition coefficient (Wildman–Crippen LogP) is 4.74. The third-order valence-electron chi connectivity index (χ3n) is 5.12. The number of nitrogens with one attached hydrogen (secondary N) is 2. The summed E-state index contributed by atoms with van der Waals surface area (Å²) in [7, 11) is 1.68. The number of rotatable bonds is 8. The summed E-state index contributed by atoms with van der Waals surface area (Å²) >= 11 is 0. The van der Waals surface area contributed by atoms with Crippen molar-refractivity contribution in [3.63, 3.8) is 0 Å². The lowest BCUT2D eigenvalue weighted by Gasteiger charge is -2.24.